The quantitative estimate of drug-likeness (QED) is 0.891. The minimum absolute atomic E-state index is 0.0551. The van der Waals surface area contributed by atoms with E-state index in [-0.39, 0.29) is 5.41 Å². The van der Waals surface area contributed by atoms with Crippen LogP contribution in [0.5, 0.6) is 0 Å². The largest absolute Gasteiger partial charge is 0.341 e. The maximum Gasteiger partial charge on any atom is 0.227 e. The van der Waals surface area contributed by atoms with Gasteiger partial charge >= 0.3 is 0 Å². The summed E-state index contributed by atoms with van der Waals surface area (Å²) < 4.78 is 0. The number of anilines is 3. The maximum absolute atomic E-state index is 4.88. The number of fused-ring (bicyclic) bond motifs is 1. The second-order valence-electron chi connectivity index (χ2n) is 8.24. The first-order valence-corrected chi connectivity index (χ1v) is 9.48. The molecule has 0 amide bonds. The predicted molar refractivity (Wildman–Crippen MR) is 101 cm³/mol. The molecule has 1 saturated heterocycles. The zero-order valence-electron chi connectivity index (χ0n) is 15.5. The predicted octanol–water partition coefficient (Wildman–Crippen LogP) is 3.72. The molecule has 6 nitrogen and oxygen atoms in total. The topological polar surface area (TPSA) is 69.7 Å². The average molecular weight is 340 g/mol. The van der Waals surface area contributed by atoms with E-state index < -0.39 is 0 Å². The van der Waals surface area contributed by atoms with E-state index in [0.29, 0.717) is 0 Å². The van der Waals surface area contributed by atoms with Crippen molar-refractivity contribution in [2.45, 2.75) is 64.7 Å². The van der Waals surface area contributed by atoms with E-state index in [1.807, 2.05) is 0 Å². The molecule has 2 aromatic heterocycles. The Labute approximate surface area is 149 Å². The van der Waals surface area contributed by atoms with Crippen LogP contribution < -0.4 is 10.2 Å². The molecule has 1 aliphatic heterocycles. The Kier molecular flexibility index (Phi) is 4.13. The SMILES string of the molecule is CC(C)(C)c1cc(Nc2nc(N3CCCCC3)nc3c2CCC3)n[nH]1. The Morgan fingerprint density at radius 2 is 1.84 bits per heavy atom. The highest BCUT2D eigenvalue weighted by Crippen LogP contribution is 2.31. The van der Waals surface area contributed by atoms with Gasteiger partial charge in [0.05, 0.1) is 5.69 Å². The van der Waals surface area contributed by atoms with E-state index in [0.717, 1.165) is 55.6 Å². The maximum atomic E-state index is 4.88. The third-order valence-corrected chi connectivity index (χ3v) is 5.19. The monoisotopic (exact) mass is 340 g/mol. The van der Waals surface area contributed by atoms with E-state index >= 15 is 0 Å². The summed E-state index contributed by atoms with van der Waals surface area (Å²) in [6.45, 7) is 8.67. The third kappa shape index (κ3) is 3.34. The lowest BCUT2D eigenvalue weighted by molar-refractivity contribution is 0.567. The fourth-order valence-corrected chi connectivity index (χ4v) is 3.65. The molecule has 25 heavy (non-hydrogen) atoms. The van der Waals surface area contributed by atoms with Crippen molar-refractivity contribution in [2.75, 3.05) is 23.3 Å². The van der Waals surface area contributed by atoms with Gasteiger partial charge in [0.15, 0.2) is 5.82 Å². The van der Waals surface area contributed by atoms with Crippen LogP contribution in [0.2, 0.25) is 0 Å². The molecule has 4 rings (SSSR count). The van der Waals surface area contributed by atoms with Crippen molar-refractivity contribution in [2.24, 2.45) is 0 Å². The number of aromatic nitrogens is 4. The fraction of sp³-hybridized carbons (Fsp3) is 0.632. The van der Waals surface area contributed by atoms with Gasteiger partial charge in [0.25, 0.3) is 0 Å². The molecule has 2 N–H and O–H groups in total. The van der Waals surface area contributed by atoms with Gasteiger partial charge in [0.2, 0.25) is 5.95 Å². The summed E-state index contributed by atoms with van der Waals surface area (Å²) >= 11 is 0. The molecule has 0 spiro atoms. The lowest BCUT2D eigenvalue weighted by Gasteiger charge is -2.27. The third-order valence-electron chi connectivity index (χ3n) is 5.19. The number of piperidine rings is 1. The molecule has 1 aliphatic carbocycles. The molecule has 2 aromatic rings. The van der Waals surface area contributed by atoms with Crippen molar-refractivity contribution in [3.8, 4) is 0 Å². The first kappa shape index (κ1) is 16.4. The van der Waals surface area contributed by atoms with Gasteiger partial charge in [-0.05, 0) is 38.5 Å². The summed E-state index contributed by atoms with van der Waals surface area (Å²) in [4.78, 5) is 12.1. The van der Waals surface area contributed by atoms with Crippen LogP contribution >= 0.6 is 0 Å². The van der Waals surface area contributed by atoms with Crippen LogP contribution in [0.1, 0.15) is 63.4 Å². The second-order valence-corrected chi connectivity index (χ2v) is 8.24. The molecule has 2 aliphatic rings. The summed E-state index contributed by atoms with van der Waals surface area (Å²) in [6.07, 6.45) is 7.05. The van der Waals surface area contributed by atoms with Crippen molar-refractivity contribution in [1.29, 1.82) is 0 Å². The van der Waals surface area contributed by atoms with Gasteiger partial charge in [-0.15, -0.1) is 0 Å². The molecule has 134 valence electrons. The number of H-pyrrole nitrogens is 1. The van der Waals surface area contributed by atoms with Crippen LogP contribution in [0, 0.1) is 0 Å². The highest BCUT2D eigenvalue weighted by Gasteiger charge is 2.23. The number of aryl methyl sites for hydroxylation is 1. The second kappa shape index (κ2) is 6.32. The van der Waals surface area contributed by atoms with Gasteiger partial charge in [-0.3, -0.25) is 5.10 Å². The van der Waals surface area contributed by atoms with Gasteiger partial charge in [-0.25, -0.2) is 4.98 Å². The lowest BCUT2D eigenvalue weighted by Crippen LogP contribution is -2.31. The lowest BCUT2D eigenvalue weighted by atomic mass is 9.92. The zero-order valence-corrected chi connectivity index (χ0v) is 15.5. The standard InChI is InChI=1S/C19H28N6/c1-19(2,3)15-12-16(24-23-15)21-17-13-8-7-9-14(13)20-18(22-17)25-10-5-4-6-11-25/h12H,4-11H2,1-3H3,(H2,20,21,22,23,24). The summed E-state index contributed by atoms with van der Waals surface area (Å²) in [5.41, 5.74) is 3.65. The summed E-state index contributed by atoms with van der Waals surface area (Å²) in [7, 11) is 0. The first-order chi connectivity index (χ1) is 12.0. The minimum Gasteiger partial charge on any atom is -0.341 e. The summed E-state index contributed by atoms with van der Waals surface area (Å²) in [6, 6.07) is 2.09. The minimum atomic E-state index is 0.0551. The number of nitrogens with zero attached hydrogens (tertiary/aromatic N) is 4. The van der Waals surface area contributed by atoms with Gasteiger partial charge in [0, 0.05) is 35.8 Å². The highest BCUT2D eigenvalue weighted by atomic mass is 15.3. The number of hydrogen-bond donors (Lipinski definition) is 2. The van der Waals surface area contributed by atoms with Crippen LogP contribution in [0.15, 0.2) is 6.07 Å². The van der Waals surface area contributed by atoms with Crippen molar-refractivity contribution in [1.82, 2.24) is 20.2 Å². The number of hydrogen-bond acceptors (Lipinski definition) is 5. The Morgan fingerprint density at radius 1 is 1.04 bits per heavy atom. The number of aromatic amines is 1. The molecule has 0 radical (unpaired) electrons. The molecule has 0 atom stereocenters. The Balaban J connectivity index is 1.64. The van der Waals surface area contributed by atoms with Crippen LogP contribution in [0.25, 0.3) is 0 Å². The van der Waals surface area contributed by atoms with E-state index in [1.165, 1.54) is 30.5 Å². The van der Waals surface area contributed by atoms with Crippen molar-refractivity contribution in [3.05, 3.63) is 23.0 Å². The van der Waals surface area contributed by atoms with Crippen molar-refractivity contribution < 1.29 is 0 Å². The van der Waals surface area contributed by atoms with Gasteiger partial charge in [-0.2, -0.15) is 10.1 Å². The molecule has 0 bridgehead atoms. The van der Waals surface area contributed by atoms with Crippen molar-refractivity contribution in [3.63, 3.8) is 0 Å². The Morgan fingerprint density at radius 3 is 2.56 bits per heavy atom. The van der Waals surface area contributed by atoms with E-state index in [1.54, 1.807) is 0 Å². The zero-order chi connectivity index (χ0) is 17.4. The smallest absolute Gasteiger partial charge is 0.227 e. The summed E-state index contributed by atoms with van der Waals surface area (Å²) in [5, 5.41) is 11.0. The Bertz CT molecular complexity index is 752. The van der Waals surface area contributed by atoms with Crippen molar-refractivity contribution >= 4 is 17.6 Å². The van der Waals surface area contributed by atoms with Gasteiger partial charge in [-0.1, -0.05) is 20.8 Å². The molecule has 0 saturated carbocycles. The molecule has 3 heterocycles. The van der Waals surface area contributed by atoms with E-state index in [4.69, 9.17) is 9.97 Å². The number of nitrogens with one attached hydrogen (secondary N) is 2. The molecule has 1 fully saturated rings. The Hall–Kier alpha value is -2.11. The van der Waals surface area contributed by atoms with Gasteiger partial charge < -0.3 is 10.2 Å². The van der Waals surface area contributed by atoms with E-state index in [2.05, 4.69) is 47.3 Å². The van der Waals surface area contributed by atoms with Crippen LogP contribution in [-0.4, -0.2) is 33.3 Å². The molecular weight excluding hydrogens is 312 g/mol. The molecule has 0 unspecified atom stereocenters. The number of rotatable bonds is 3. The average Bonchev–Trinajstić information content (AvgIpc) is 3.24. The fourth-order valence-electron chi connectivity index (χ4n) is 3.65. The normalized spacial score (nSPS) is 17.6. The highest BCUT2D eigenvalue weighted by molar-refractivity contribution is 5.60. The molecule has 6 heteroatoms. The molecule has 0 aromatic carbocycles. The molecular formula is C19H28N6. The van der Waals surface area contributed by atoms with Crippen LogP contribution in [-0.2, 0) is 18.3 Å². The van der Waals surface area contributed by atoms with Crippen LogP contribution in [0.3, 0.4) is 0 Å². The van der Waals surface area contributed by atoms with Gasteiger partial charge in [0.1, 0.15) is 5.82 Å². The summed E-state index contributed by atoms with van der Waals surface area (Å²) in [5.74, 6) is 2.66. The van der Waals surface area contributed by atoms with Crippen LogP contribution in [0.4, 0.5) is 17.6 Å². The van der Waals surface area contributed by atoms with E-state index in [9.17, 15) is 0 Å². The first-order valence-electron chi connectivity index (χ1n) is 9.48.